The topological polar surface area (TPSA) is 147 Å². The normalized spacial score (nSPS) is 10.3. The number of esters is 1. The summed E-state index contributed by atoms with van der Waals surface area (Å²) >= 11 is 0. The predicted molar refractivity (Wildman–Crippen MR) is 102 cm³/mol. The number of carbonyl (C=O) groups excluding carboxylic acids is 2. The van der Waals surface area contributed by atoms with Gasteiger partial charge in [0.1, 0.15) is 12.3 Å². The van der Waals surface area contributed by atoms with Crippen molar-refractivity contribution in [3.63, 3.8) is 0 Å². The number of carbonyl (C=O) groups is 2. The molecule has 1 N–H and O–H groups in total. The Morgan fingerprint density at radius 3 is 2.43 bits per heavy atom. The molecule has 11 heteroatoms. The summed E-state index contributed by atoms with van der Waals surface area (Å²) in [6.45, 7) is -0.620. The third kappa shape index (κ3) is 5.16. The van der Waals surface area contributed by atoms with E-state index < -0.39 is 16.8 Å². The van der Waals surface area contributed by atoms with Crippen LogP contribution >= 0.6 is 0 Å². The number of ether oxygens (including phenoxy) is 2. The zero-order chi connectivity index (χ0) is 21.5. The largest absolute Gasteiger partial charge is 0.497 e. The summed E-state index contributed by atoms with van der Waals surface area (Å²) < 4.78 is 15.4. The van der Waals surface area contributed by atoms with Gasteiger partial charge >= 0.3 is 5.97 Å². The van der Waals surface area contributed by atoms with Gasteiger partial charge in [-0.25, -0.2) is 0 Å². The van der Waals surface area contributed by atoms with E-state index in [1.54, 1.807) is 24.3 Å². The first-order chi connectivity index (χ1) is 14.5. The molecule has 0 bridgehead atoms. The molecule has 0 aliphatic heterocycles. The molecule has 3 aromatic rings. The van der Waals surface area contributed by atoms with Gasteiger partial charge in [0.25, 0.3) is 17.5 Å². The van der Waals surface area contributed by atoms with Gasteiger partial charge in [-0.05, 0) is 36.4 Å². The number of rotatable bonds is 8. The van der Waals surface area contributed by atoms with E-state index in [-0.39, 0.29) is 30.6 Å². The lowest BCUT2D eigenvalue weighted by molar-refractivity contribution is -0.384. The highest BCUT2D eigenvalue weighted by Crippen LogP contribution is 2.21. The number of hydrogen-bond donors (Lipinski definition) is 1. The van der Waals surface area contributed by atoms with Crippen molar-refractivity contribution in [3.05, 3.63) is 70.1 Å². The maximum atomic E-state index is 12.0. The summed E-state index contributed by atoms with van der Waals surface area (Å²) in [4.78, 5) is 34.0. The molecule has 1 aromatic heterocycles. The average molecular weight is 412 g/mol. The van der Waals surface area contributed by atoms with Gasteiger partial charge in [-0.15, -0.1) is 10.2 Å². The molecule has 0 radical (unpaired) electrons. The van der Waals surface area contributed by atoms with E-state index in [9.17, 15) is 19.7 Å². The van der Waals surface area contributed by atoms with Crippen molar-refractivity contribution < 1.29 is 28.4 Å². The molecule has 0 spiro atoms. The highest BCUT2D eigenvalue weighted by atomic mass is 16.6. The lowest BCUT2D eigenvalue weighted by atomic mass is 10.2. The molecule has 0 unspecified atom stereocenters. The second-order valence-electron chi connectivity index (χ2n) is 5.88. The molecule has 0 aliphatic carbocycles. The molecule has 11 nitrogen and oxygen atoms in total. The molecule has 154 valence electrons. The maximum absolute atomic E-state index is 12.0. The maximum Gasteiger partial charge on any atom is 0.325 e. The van der Waals surface area contributed by atoms with Crippen molar-refractivity contribution in [2.45, 2.75) is 6.61 Å². The third-order valence-corrected chi connectivity index (χ3v) is 3.89. The second kappa shape index (κ2) is 9.28. The van der Waals surface area contributed by atoms with Crippen molar-refractivity contribution in [2.75, 3.05) is 13.7 Å². The fraction of sp³-hybridized carbons (Fsp3) is 0.158. The van der Waals surface area contributed by atoms with Gasteiger partial charge in [0.05, 0.1) is 12.0 Å². The number of hydrogen-bond acceptors (Lipinski definition) is 9. The number of nitrogens with one attached hydrogen (secondary N) is 1. The quantitative estimate of drug-likeness (QED) is 0.334. The molecule has 0 saturated carbocycles. The van der Waals surface area contributed by atoms with E-state index in [2.05, 4.69) is 15.5 Å². The third-order valence-electron chi connectivity index (χ3n) is 3.89. The number of nitrogens with zero attached hydrogens (tertiary/aromatic N) is 3. The molecule has 0 fully saturated rings. The Balaban J connectivity index is 1.47. The number of aromatic nitrogens is 2. The van der Waals surface area contributed by atoms with E-state index in [4.69, 9.17) is 13.9 Å². The molecule has 0 saturated heterocycles. The summed E-state index contributed by atoms with van der Waals surface area (Å²) in [7, 11) is 1.52. The van der Waals surface area contributed by atoms with Crippen LogP contribution in [0.3, 0.4) is 0 Å². The Bertz CT molecular complexity index is 1050. The van der Waals surface area contributed by atoms with E-state index >= 15 is 0 Å². The number of nitro benzene ring substituents is 1. The van der Waals surface area contributed by atoms with Crippen LogP contribution in [0.4, 0.5) is 5.69 Å². The second-order valence-corrected chi connectivity index (χ2v) is 5.88. The molecule has 0 aliphatic rings. The van der Waals surface area contributed by atoms with Crippen molar-refractivity contribution in [1.29, 1.82) is 0 Å². The van der Waals surface area contributed by atoms with Gasteiger partial charge in [0.15, 0.2) is 6.61 Å². The summed E-state index contributed by atoms with van der Waals surface area (Å²) in [6, 6.07) is 12.0. The summed E-state index contributed by atoms with van der Waals surface area (Å²) in [5.74, 6) is -0.347. The number of methoxy groups -OCH3 is 1. The fourth-order valence-corrected chi connectivity index (χ4v) is 2.34. The van der Waals surface area contributed by atoms with E-state index in [0.29, 0.717) is 16.9 Å². The van der Waals surface area contributed by atoms with Crippen molar-refractivity contribution >= 4 is 17.6 Å². The standard InChI is InChI=1S/C19H16N4O7/c1-28-15-8-4-12(5-9-15)18(25)20-10-17(24)29-11-16-21-22-19(30-16)13-2-6-14(7-3-13)23(26)27/h2-9H,10-11H2,1H3,(H,20,25). The monoisotopic (exact) mass is 412 g/mol. The minimum absolute atomic E-state index is 0.0400. The molecule has 0 atom stereocenters. The van der Waals surface area contributed by atoms with Gasteiger partial charge < -0.3 is 19.2 Å². The number of non-ortho nitro benzene ring substituents is 1. The number of benzene rings is 2. The van der Waals surface area contributed by atoms with Crippen LogP contribution < -0.4 is 10.1 Å². The molecular formula is C19H16N4O7. The minimum atomic E-state index is -0.688. The Morgan fingerprint density at radius 1 is 1.10 bits per heavy atom. The first-order valence-electron chi connectivity index (χ1n) is 8.61. The van der Waals surface area contributed by atoms with Crippen LogP contribution in [0.1, 0.15) is 16.2 Å². The van der Waals surface area contributed by atoms with E-state index in [0.717, 1.165) is 0 Å². The molecule has 1 heterocycles. The average Bonchev–Trinajstić information content (AvgIpc) is 3.25. The van der Waals surface area contributed by atoms with E-state index in [1.807, 2.05) is 0 Å². The summed E-state index contributed by atoms with van der Waals surface area (Å²) in [5, 5.41) is 20.7. The van der Waals surface area contributed by atoms with Crippen molar-refractivity contribution in [2.24, 2.45) is 0 Å². The summed E-state index contributed by atoms with van der Waals surface area (Å²) in [5.41, 5.74) is 0.787. The Labute approximate surface area is 169 Å². The van der Waals surface area contributed by atoms with Gasteiger partial charge in [0, 0.05) is 23.3 Å². The van der Waals surface area contributed by atoms with Crippen LogP contribution in [0.2, 0.25) is 0 Å². The summed E-state index contributed by atoms with van der Waals surface area (Å²) in [6.07, 6.45) is 0. The predicted octanol–water partition coefficient (Wildman–Crippen LogP) is 2.13. The highest BCUT2D eigenvalue weighted by molar-refractivity contribution is 5.96. The molecule has 1 amide bonds. The van der Waals surface area contributed by atoms with Crippen molar-refractivity contribution in [3.8, 4) is 17.2 Å². The zero-order valence-corrected chi connectivity index (χ0v) is 15.7. The van der Waals surface area contributed by atoms with Gasteiger partial charge in [-0.3, -0.25) is 19.7 Å². The van der Waals surface area contributed by atoms with Gasteiger partial charge in [-0.1, -0.05) is 0 Å². The van der Waals surface area contributed by atoms with Crippen LogP contribution in [0.15, 0.2) is 52.9 Å². The molecule has 3 rings (SSSR count). The van der Waals surface area contributed by atoms with E-state index in [1.165, 1.54) is 31.4 Å². The molecule has 30 heavy (non-hydrogen) atoms. The number of amides is 1. The minimum Gasteiger partial charge on any atom is -0.497 e. The SMILES string of the molecule is COc1ccc(C(=O)NCC(=O)OCc2nnc(-c3ccc([N+](=O)[O-])cc3)o2)cc1. The van der Waals surface area contributed by atoms with Crippen molar-refractivity contribution in [1.82, 2.24) is 15.5 Å². The first-order valence-corrected chi connectivity index (χ1v) is 8.61. The first kappa shape index (κ1) is 20.5. The Morgan fingerprint density at radius 2 is 1.80 bits per heavy atom. The van der Waals surface area contributed by atoms with Gasteiger partial charge in [-0.2, -0.15) is 0 Å². The fourth-order valence-electron chi connectivity index (χ4n) is 2.34. The van der Waals surface area contributed by atoms with Crippen LogP contribution in [0, 0.1) is 10.1 Å². The lowest BCUT2D eigenvalue weighted by Crippen LogP contribution is -2.30. The lowest BCUT2D eigenvalue weighted by Gasteiger charge is -2.06. The molecule has 2 aromatic carbocycles. The van der Waals surface area contributed by atoms with Gasteiger partial charge in [0.2, 0.25) is 5.89 Å². The highest BCUT2D eigenvalue weighted by Gasteiger charge is 2.14. The molecular weight excluding hydrogens is 396 g/mol. The smallest absolute Gasteiger partial charge is 0.325 e. The van der Waals surface area contributed by atoms with Crippen LogP contribution in [-0.2, 0) is 16.1 Å². The van der Waals surface area contributed by atoms with Crippen LogP contribution in [0.5, 0.6) is 5.75 Å². The van der Waals surface area contributed by atoms with Crippen LogP contribution in [-0.4, -0.2) is 40.7 Å². The Kier molecular flexibility index (Phi) is 6.33. The zero-order valence-electron chi connectivity index (χ0n) is 15.7. The van der Waals surface area contributed by atoms with Crippen LogP contribution in [0.25, 0.3) is 11.5 Å². The number of nitro groups is 1. The Hall–Kier alpha value is -4.28.